The molecule has 2 rings (SSSR count). The third kappa shape index (κ3) is 4.60. The van der Waals surface area contributed by atoms with Crippen LogP contribution in [0, 0.1) is 19.8 Å². The zero-order valence-electron chi connectivity index (χ0n) is 12.0. The molecule has 1 saturated carbocycles. The number of carbonyl (C=O) groups excluding carboxylic acids is 1. The number of nitrogens with zero attached hydrogens (tertiary/aromatic N) is 1. The first kappa shape index (κ1) is 14.5. The summed E-state index contributed by atoms with van der Waals surface area (Å²) in [4.78, 5) is 17.4. The summed E-state index contributed by atoms with van der Waals surface area (Å²) in [5.74, 6) is 0.975. The normalized spacial score (nSPS) is 16.5. The molecule has 1 aliphatic carbocycles. The van der Waals surface area contributed by atoms with Gasteiger partial charge in [-0.15, -0.1) is 11.3 Å². The minimum absolute atomic E-state index is 0.191. The first-order valence-electron chi connectivity index (χ1n) is 7.34. The molecular weight excluding hydrogens is 256 g/mol. The lowest BCUT2D eigenvalue weighted by Gasteiger charge is -2.20. The largest absolute Gasteiger partial charge is 0.351 e. The number of carbonyl (C=O) groups is 1. The van der Waals surface area contributed by atoms with Crippen molar-refractivity contribution >= 4 is 17.2 Å². The minimum Gasteiger partial charge on any atom is -0.351 e. The van der Waals surface area contributed by atoms with Gasteiger partial charge in [0.15, 0.2) is 0 Å². The summed E-state index contributed by atoms with van der Waals surface area (Å²) >= 11 is 1.68. The molecule has 1 fully saturated rings. The van der Waals surface area contributed by atoms with Crippen LogP contribution in [0.2, 0.25) is 0 Å². The number of amides is 1. The molecule has 1 amide bonds. The van der Waals surface area contributed by atoms with Crippen molar-refractivity contribution in [3.63, 3.8) is 0 Å². The summed E-state index contributed by atoms with van der Waals surface area (Å²) < 4.78 is 0. The molecule has 4 heteroatoms. The molecular formula is C15H24N2OS. The van der Waals surface area contributed by atoms with Gasteiger partial charge in [-0.25, -0.2) is 4.98 Å². The van der Waals surface area contributed by atoms with Crippen molar-refractivity contribution in [2.24, 2.45) is 5.92 Å². The summed E-state index contributed by atoms with van der Waals surface area (Å²) in [5.41, 5.74) is 1.05. The molecule has 3 nitrogen and oxygen atoms in total. The van der Waals surface area contributed by atoms with Gasteiger partial charge in [-0.3, -0.25) is 4.79 Å². The van der Waals surface area contributed by atoms with E-state index in [9.17, 15) is 4.79 Å². The highest BCUT2D eigenvalue weighted by Crippen LogP contribution is 2.27. The highest BCUT2D eigenvalue weighted by atomic mass is 32.1. The highest BCUT2D eigenvalue weighted by Gasteiger charge is 2.15. The fraction of sp³-hybridized carbons (Fsp3) is 0.733. The van der Waals surface area contributed by atoms with Gasteiger partial charge >= 0.3 is 0 Å². The second-order valence-electron chi connectivity index (χ2n) is 5.56. The van der Waals surface area contributed by atoms with Gasteiger partial charge in [0.2, 0.25) is 5.91 Å². The lowest BCUT2D eigenvalue weighted by atomic mass is 9.86. The maximum absolute atomic E-state index is 11.9. The smallest absolute Gasteiger partial charge is 0.220 e. The Morgan fingerprint density at radius 1 is 1.32 bits per heavy atom. The molecule has 1 N–H and O–H groups in total. The quantitative estimate of drug-likeness (QED) is 0.892. The molecule has 0 aromatic carbocycles. The van der Waals surface area contributed by atoms with Crippen LogP contribution in [-0.4, -0.2) is 10.9 Å². The van der Waals surface area contributed by atoms with Crippen LogP contribution in [0.3, 0.4) is 0 Å². The molecule has 0 saturated heterocycles. The van der Waals surface area contributed by atoms with Crippen LogP contribution >= 0.6 is 11.3 Å². The van der Waals surface area contributed by atoms with Crippen molar-refractivity contribution in [3.8, 4) is 0 Å². The summed E-state index contributed by atoms with van der Waals surface area (Å²) in [6.07, 6.45) is 8.47. The molecule has 19 heavy (non-hydrogen) atoms. The first-order valence-corrected chi connectivity index (χ1v) is 8.16. The van der Waals surface area contributed by atoms with E-state index in [-0.39, 0.29) is 5.91 Å². The van der Waals surface area contributed by atoms with Crippen LogP contribution in [0.15, 0.2) is 0 Å². The fourth-order valence-corrected chi connectivity index (χ4v) is 3.69. The average Bonchev–Trinajstić information content (AvgIpc) is 2.73. The second-order valence-corrected chi connectivity index (χ2v) is 6.85. The van der Waals surface area contributed by atoms with E-state index in [1.807, 2.05) is 13.8 Å². The van der Waals surface area contributed by atoms with Crippen LogP contribution < -0.4 is 5.32 Å². The molecule has 0 aliphatic heterocycles. The Balaban J connectivity index is 1.68. The second kappa shape index (κ2) is 7.04. The van der Waals surface area contributed by atoms with Gasteiger partial charge in [0.05, 0.1) is 17.2 Å². The zero-order chi connectivity index (χ0) is 13.7. The third-order valence-corrected chi connectivity index (χ3v) is 5.02. The van der Waals surface area contributed by atoms with Crippen molar-refractivity contribution in [1.29, 1.82) is 0 Å². The number of hydrogen-bond donors (Lipinski definition) is 1. The molecule has 1 heterocycles. The molecule has 0 unspecified atom stereocenters. The Morgan fingerprint density at radius 3 is 2.68 bits per heavy atom. The lowest BCUT2D eigenvalue weighted by molar-refractivity contribution is -0.121. The average molecular weight is 280 g/mol. The van der Waals surface area contributed by atoms with Crippen LogP contribution in [-0.2, 0) is 11.3 Å². The number of rotatable bonds is 5. The van der Waals surface area contributed by atoms with E-state index in [2.05, 4.69) is 10.3 Å². The molecule has 106 valence electrons. The van der Waals surface area contributed by atoms with Gasteiger partial charge < -0.3 is 5.32 Å². The Kier molecular flexibility index (Phi) is 5.37. The number of thiazole rings is 1. The van der Waals surface area contributed by atoms with Gasteiger partial charge in [0, 0.05) is 11.3 Å². The third-order valence-electron chi connectivity index (χ3n) is 3.95. The van der Waals surface area contributed by atoms with Gasteiger partial charge in [-0.05, 0) is 26.2 Å². The van der Waals surface area contributed by atoms with Crippen molar-refractivity contribution in [3.05, 3.63) is 15.6 Å². The number of hydrogen-bond acceptors (Lipinski definition) is 3. The summed E-state index contributed by atoms with van der Waals surface area (Å²) in [5, 5.41) is 4.10. The molecule has 0 radical (unpaired) electrons. The Morgan fingerprint density at radius 2 is 2.05 bits per heavy atom. The van der Waals surface area contributed by atoms with Crippen LogP contribution in [0.25, 0.3) is 0 Å². The van der Waals surface area contributed by atoms with E-state index >= 15 is 0 Å². The van der Waals surface area contributed by atoms with E-state index in [1.54, 1.807) is 11.3 Å². The van der Waals surface area contributed by atoms with E-state index < -0.39 is 0 Å². The topological polar surface area (TPSA) is 42.0 Å². The SMILES string of the molecule is Cc1nc(C)c(CNC(=O)CCC2CCCCC2)s1. The lowest BCUT2D eigenvalue weighted by Crippen LogP contribution is -2.23. The van der Waals surface area contributed by atoms with Crippen LogP contribution in [0.5, 0.6) is 0 Å². The van der Waals surface area contributed by atoms with Crippen LogP contribution in [0.1, 0.15) is 60.5 Å². The summed E-state index contributed by atoms with van der Waals surface area (Å²) in [6.45, 7) is 4.65. The molecule has 0 atom stereocenters. The zero-order valence-corrected chi connectivity index (χ0v) is 12.8. The highest BCUT2D eigenvalue weighted by molar-refractivity contribution is 7.11. The van der Waals surface area contributed by atoms with Crippen molar-refractivity contribution in [2.75, 3.05) is 0 Å². The van der Waals surface area contributed by atoms with Gasteiger partial charge in [-0.2, -0.15) is 0 Å². The van der Waals surface area contributed by atoms with Crippen LogP contribution in [0.4, 0.5) is 0 Å². The predicted molar refractivity (Wildman–Crippen MR) is 79.2 cm³/mol. The van der Waals surface area contributed by atoms with E-state index in [4.69, 9.17) is 0 Å². The predicted octanol–water partition coefficient (Wildman–Crippen LogP) is 3.74. The molecule has 1 aromatic rings. The van der Waals surface area contributed by atoms with E-state index in [0.717, 1.165) is 23.0 Å². The maximum Gasteiger partial charge on any atom is 0.220 e. The number of aryl methyl sites for hydroxylation is 2. The van der Waals surface area contributed by atoms with E-state index in [0.29, 0.717) is 13.0 Å². The Labute approximate surface area is 119 Å². The molecule has 1 aliphatic rings. The fourth-order valence-electron chi connectivity index (χ4n) is 2.82. The summed E-state index contributed by atoms with van der Waals surface area (Å²) in [7, 11) is 0. The van der Waals surface area contributed by atoms with Crippen molar-refractivity contribution in [2.45, 2.75) is 65.3 Å². The number of aromatic nitrogens is 1. The van der Waals surface area contributed by atoms with Crippen molar-refractivity contribution in [1.82, 2.24) is 10.3 Å². The van der Waals surface area contributed by atoms with Gasteiger partial charge in [-0.1, -0.05) is 32.1 Å². The monoisotopic (exact) mass is 280 g/mol. The van der Waals surface area contributed by atoms with Gasteiger partial charge in [0.1, 0.15) is 0 Å². The first-order chi connectivity index (χ1) is 9.15. The molecule has 0 spiro atoms. The Hall–Kier alpha value is -0.900. The van der Waals surface area contributed by atoms with Crippen molar-refractivity contribution < 1.29 is 4.79 Å². The number of nitrogens with one attached hydrogen (secondary N) is 1. The van der Waals surface area contributed by atoms with E-state index in [1.165, 1.54) is 37.0 Å². The molecule has 1 aromatic heterocycles. The summed E-state index contributed by atoms with van der Waals surface area (Å²) in [6, 6.07) is 0. The Bertz CT molecular complexity index is 422. The standard InChI is InChI=1S/C15H24N2OS/c1-11-14(19-12(2)17-11)10-16-15(18)9-8-13-6-4-3-5-7-13/h13H,3-10H2,1-2H3,(H,16,18). The van der Waals surface area contributed by atoms with Gasteiger partial charge in [0.25, 0.3) is 0 Å². The maximum atomic E-state index is 11.9. The minimum atomic E-state index is 0.191. The molecule has 0 bridgehead atoms.